The summed E-state index contributed by atoms with van der Waals surface area (Å²) in [5.74, 6) is 0. The summed E-state index contributed by atoms with van der Waals surface area (Å²) in [6, 6.07) is 19.7. The van der Waals surface area contributed by atoms with E-state index in [-0.39, 0.29) is 11.0 Å². The van der Waals surface area contributed by atoms with Gasteiger partial charge in [-0.1, -0.05) is 70.7 Å². The molecule has 0 unspecified atom stereocenters. The number of rotatable bonds is 9. The molecule has 3 aromatic carbocycles. The van der Waals surface area contributed by atoms with Crippen LogP contribution in [0.3, 0.4) is 0 Å². The molecule has 0 amide bonds. The van der Waals surface area contributed by atoms with E-state index in [1.165, 1.54) is 22.5 Å². The van der Waals surface area contributed by atoms with Gasteiger partial charge in [0, 0.05) is 59.4 Å². The summed E-state index contributed by atoms with van der Waals surface area (Å²) in [5, 5.41) is 1.95. The van der Waals surface area contributed by atoms with Gasteiger partial charge in [0.25, 0.3) is 0 Å². The van der Waals surface area contributed by atoms with Gasteiger partial charge in [0.2, 0.25) is 10.0 Å². The zero-order valence-electron chi connectivity index (χ0n) is 19.4. The summed E-state index contributed by atoms with van der Waals surface area (Å²) in [7, 11) is -3.64. The van der Waals surface area contributed by atoms with Crippen LogP contribution in [0.5, 0.6) is 0 Å². The van der Waals surface area contributed by atoms with Crippen molar-refractivity contribution in [3.63, 3.8) is 0 Å². The summed E-state index contributed by atoms with van der Waals surface area (Å²) in [5.41, 5.74) is 2.03. The number of benzene rings is 3. The van der Waals surface area contributed by atoms with E-state index in [4.69, 9.17) is 51.1 Å². The molecule has 1 saturated heterocycles. The highest BCUT2D eigenvalue weighted by Crippen LogP contribution is 2.29. The fourth-order valence-electron chi connectivity index (χ4n) is 4.17. The van der Waals surface area contributed by atoms with Gasteiger partial charge in [-0.05, 0) is 60.0 Å². The van der Waals surface area contributed by atoms with Crippen LogP contribution in [0.1, 0.15) is 23.7 Å². The van der Waals surface area contributed by atoms with E-state index in [9.17, 15) is 8.42 Å². The molecular formula is C26H26Cl4N2O3S. The fourth-order valence-corrected chi connectivity index (χ4v) is 6.57. The first kappa shape index (κ1) is 27.7. The highest BCUT2D eigenvalue weighted by atomic mass is 35.5. The minimum atomic E-state index is -3.64. The molecule has 4 rings (SSSR count). The molecule has 0 aromatic heterocycles. The molecule has 1 heterocycles. The number of hydrogen-bond acceptors (Lipinski definition) is 4. The van der Waals surface area contributed by atoms with Crippen molar-refractivity contribution in [2.75, 3.05) is 39.3 Å². The first-order chi connectivity index (χ1) is 17.2. The largest absolute Gasteiger partial charge is 0.369 e. The van der Waals surface area contributed by atoms with Crippen molar-refractivity contribution in [2.45, 2.75) is 17.4 Å². The zero-order valence-corrected chi connectivity index (χ0v) is 23.3. The molecule has 0 bridgehead atoms. The normalized spacial score (nSPS) is 15.5. The third-order valence-electron chi connectivity index (χ3n) is 6.05. The Balaban J connectivity index is 1.30. The van der Waals surface area contributed by atoms with E-state index >= 15 is 0 Å². The minimum absolute atomic E-state index is 0.122. The van der Waals surface area contributed by atoms with Crippen molar-refractivity contribution >= 4 is 56.4 Å². The maximum atomic E-state index is 13.0. The smallest absolute Gasteiger partial charge is 0.243 e. The van der Waals surface area contributed by atoms with E-state index < -0.39 is 10.0 Å². The lowest BCUT2D eigenvalue weighted by atomic mass is 10.0. The highest BCUT2D eigenvalue weighted by Gasteiger charge is 2.29. The Morgan fingerprint density at radius 2 is 1.22 bits per heavy atom. The van der Waals surface area contributed by atoms with Crippen LogP contribution in [0, 0.1) is 0 Å². The molecule has 1 aliphatic heterocycles. The Morgan fingerprint density at radius 1 is 0.722 bits per heavy atom. The summed E-state index contributed by atoms with van der Waals surface area (Å²) >= 11 is 24.1. The van der Waals surface area contributed by atoms with Crippen molar-refractivity contribution in [1.29, 1.82) is 0 Å². The quantitative estimate of drug-likeness (QED) is 0.258. The van der Waals surface area contributed by atoms with Crippen LogP contribution in [-0.4, -0.2) is 57.0 Å². The second-order valence-electron chi connectivity index (χ2n) is 8.56. The molecule has 0 saturated carbocycles. The van der Waals surface area contributed by atoms with E-state index in [1.807, 2.05) is 48.5 Å². The van der Waals surface area contributed by atoms with Crippen LogP contribution in [0.2, 0.25) is 20.1 Å². The molecule has 0 N–H and O–H groups in total. The first-order valence-corrected chi connectivity index (χ1v) is 14.5. The Bertz CT molecular complexity index is 1200. The lowest BCUT2D eigenvalue weighted by molar-refractivity contribution is 0.0686. The van der Waals surface area contributed by atoms with Gasteiger partial charge in [0.15, 0.2) is 0 Å². The van der Waals surface area contributed by atoms with Crippen molar-refractivity contribution in [1.82, 2.24) is 9.21 Å². The lowest BCUT2D eigenvalue weighted by Crippen LogP contribution is -2.48. The Kier molecular flexibility index (Phi) is 9.58. The monoisotopic (exact) mass is 586 g/mol. The van der Waals surface area contributed by atoms with E-state index in [1.54, 1.807) is 0 Å². The number of nitrogens with zero attached hydrogens (tertiary/aromatic N) is 2. The number of halogens is 4. The molecule has 3 aromatic rings. The molecule has 1 aliphatic rings. The van der Waals surface area contributed by atoms with Crippen LogP contribution < -0.4 is 0 Å². The topological polar surface area (TPSA) is 49.9 Å². The number of piperazine rings is 1. The second-order valence-corrected chi connectivity index (χ2v) is 12.2. The Labute approximate surface area is 232 Å². The Morgan fingerprint density at radius 3 is 1.72 bits per heavy atom. The standard InChI is InChI=1S/C26H26Cl4N2O3S/c27-21-6-2-19(3-7-21)26(20-4-8-22(28)9-5-20)35-15-1-10-31-11-13-32(14-12-31)36(33,34)25-17-23(29)16-24(30)18-25/h2-9,16-18,26H,1,10-15H2. The molecule has 0 aliphatic carbocycles. The summed E-state index contributed by atoms with van der Waals surface area (Å²) < 4.78 is 33.8. The lowest BCUT2D eigenvalue weighted by Gasteiger charge is -2.34. The second kappa shape index (κ2) is 12.5. The van der Waals surface area contributed by atoms with Gasteiger partial charge in [-0.3, -0.25) is 0 Å². The SMILES string of the molecule is O=S(=O)(c1cc(Cl)cc(Cl)c1)N1CCN(CCCOC(c2ccc(Cl)cc2)c2ccc(Cl)cc2)CC1. The van der Waals surface area contributed by atoms with Crippen LogP contribution in [-0.2, 0) is 14.8 Å². The highest BCUT2D eigenvalue weighted by molar-refractivity contribution is 7.89. The van der Waals surface area contributed by atoms with Crippen LogP contribution in [0.4, 0.5) is 0 Å². The predicted molar refractivity (Wildman–Crippen MR) is 147 cm³/mol. The average molecular weight is 588 g/mol. The van der Waals surface area contributed by atoms with Gasteiger partial charge in [-0.2, -0.15) is 4.31 Å². The number of hydrogen-bond donors (Lipinski definition) is 0. The van der Waals surface area contributed by atoms with Crippen molar-refractivity contribution < 1.29 is 13.2 Å². The molecule has 0 atom stereocenters. The summed E-state index contributed by atoms with van der Waals surface area (Å²) in [4.78, 5) is 2.37. The van der Waals surface area contributed by atoms with Crippen molar-refractivity contribution in [3.8, 4) is 0 Å². The van der Waals surface area contributed by atoms with E-state index in [2.05, 4.69) is 4.90 Å². The molecule has 0 radical (unpaired) electrons. The number of ether oxygens (including phenoxy) is 1. The summed E-state index contributed by atoms with van der Waals surface area (Å²) in [6.07, 6.45) is 0.583. The van der Waals surface area contributed by atoms with Gasteiger partial charge in [-0.15, -0.1) is 0 Å². The molecule has 0 spiro atoms. The summed E-state index contributed by atoms with van der Waals surface area (Å²) in [6.45, 7) is 3.47. The third kappa shape index (κ3) is 7.15. The fraction of sp³-hybridized carbons (Fsp3) is 0.308. The first-order valence-electron chi connectivity index (χ1n) is 11.5. The maximum absolute atomic E-state index is 13.0. The van der Waals surface area contributed by atoms with E-state index in [0.29, 0.717) is 52.9 Å². The molecule has 1 fully saturated rings. The zero-order chi connectivity index (χ0) is 25.7. The van der Waals surface area contributed by atoms with Gasteiger partial charge >= 0.3 is 0 Å². The Hall–Kier alpha value is -1.35. The molecule has 5 nitrogen and oxygen atoms in total. The molecule has 192 valence electrons. The van der Waals surface area contributed by atoms with E-state index in [0.717, 1.165) is 24.1 Å². The molecule has 36 heavy (non-hydrogen) atoms. The average Bonchev–Trinajstić information content (AvgIpc) is 2.85. The van der Waals surface area contributed by atoms with Crippen LogP contribution in [0.25, 0.3) is 0 Å². The van der Waals surface area contributed by atoms with Crippen molar-refractivity contribution in [3.05, 3.63) is 97.9 Å². The maximum Gasteiger partial charge on any atom is 0.243 e. The predicted octanol–water partition coefficient (Wildman–Crippen LogP) is 6.80. The van der Waals surface area contributed by atoms with Crippen LogP contribution >= 0.6 is 46.4 Å². The van der Waals surface area contributed by atoms with Crippen LogP contribution in [0.15, 0.2) is 71.6 Å². The van der Waals surface area contributed by atoms with Gasteiger partial charge in [-0.25, -0.2) is 8.42 Å². The minimum Gasteiger partial charge on any atom is -0.369 e. The van der Waals surface area contributed by atoms with Gasteiger partial charge in [0.05, 0.1) is 4.90 Å². The number of sulfonamides is 1. The van der Waals surface area contributed by atoms with Crippen molar-refractivity contribution in [2.24, 2.45) is 0 Å². The molecular weight excluding hydrogens is 562 g/mol. The molecule has 10 heteroatoms. The van der Waals surface area contributed by atoms with Gasteiger partial charge in [0.1, 0.15) is 6.10 Å². The van der Waals surface area contributed by atoms with Gasteiger partial charge < -0.3 is 9.64 Å². The third-order valence-corrected chi connectivity index (χ3v) is 8.87.